The van der Waals surface area contributed by atoms with E-state index in [4.69, 9.17) is 16.3 Å². The number of rotatable bonds is 5. The topological polar surface area (TPSA) is 58.6 Å². The molecule has 0 unspecified atom stereocenters. The monoisotopic (exact) mass is 446 g/mol. The maximum Gasteiger partial charge on any atom is 0.282 e. The second-order valence-corrected chi connectivity index (χ2v) is 8.19. The standard InChI is InChI=1S/C26H23ClN2O3/c1-15-5-9-19(13-17(15)3)28-24-23(18-7-11-21(32-4)12-8-18)25(30)29(26(24)31)20-10-6-16(2)22(27)14-20/h5-14,28H,1-4H3. The molecule has 0 aliphatic carbocycles. The summed E-state index contributed by atoms with van der Waals surface area (Å²) in [6.45, 7) is 5.89. The molecule has 0 fully saturated rings. The third-order valence-corrected chi connectivity index (χ3v) is 6.06. The average molecular weight is 447 g/mol. The van der Waals surface area contributed by atoms with Crippen molar-refractivity contribution in [2.75, 3.05) is 17.3 Å². The summed E-state index contributed by atoms with van der Waals surface area (Å²) in [5.41, 5.74) is 5.40. The molecule has 0 aromatic heterocycles. The maximum absolute atomic E-state index is 13.5. The van der Waals surface area contributed by atoms with Gasteiger partial charge in [0.1, 0.15) is 11.4 Å². The number of hydrogen-bond acceptors (Lipinski definition) is 4. The predicted octanol–water partition coefficient (Wildman–Crippen LogP) is 5.67. The van der Waals surface area contributed by atoms with Crippen LogP contribution in [0.4, 0.5) is 11.4 Å². The Morgan fingerprint density at radius 1 is 0.812 bits per heavy atom. The summed E-state index contributed by atoms with van der Waals surface area (Å²) in [6, 6.07) is 18.0. The van der Waals surface area contributed by atoms with Crippen molar-refractivity contribution in [3.63, 3.8) is 0 Å². The first-order chi connectivity index (χ1) is 15.3. The second-order valence-electron chi connectivity index (χ2n) is 7.78. The van der Waals surface area contributed by atoms with E-state index in [2.05, 4.69) is 5.32 Å². The number of hydrogen-bond donors (Lipinski definition) is 1. The van der Waals surface area contributed by atoms with Gasteiger partial charge in [0.05, 0.1) is 18.4 Å². The van der Waals surface area contributed by atoms with Crippen LogP contribution in [-0.4, -0.2) is 18.9 Å². The van der Waals surface area contributed by atoms with Gasteiger partial charge in [0.25, 0.3) is 11.8 Å². The molecule has 0 saturated heterocycles. The van der Waals surface area contributed by atoms with Crippen LogP contribution in [0.5, 0.6) is 5.75 Å². The molecule has 3 aromatic rings. The molecule has 1 N–H and O–H groups in total. The lowest BCUT2D eigenvalue weighted by Crippen LogP contribution is -2.32. The lowest BCUT2D eigenvalue weighted by molar-refractivity contribution is -0.120. The Morgan fingerprint density at radius 3 is 2.12 bits per heavy atom. The molecule has 0 saturated carbocycles. The number of benzene rings is 3. The Labute approximate surface area is 192 Å². The quantitative estimate of drug-likeness (QED) is 0.513. The van der Waals surface area contributed by atoms with Crippen molar-refractivity contribution < 1.29 is 14.3 Å². The summed E-state index contributed by atoms with van der Waals surface area (Å²) in [6.07, 6.45) is 0. The zero-order valence-electron chi connectivity index (χ0n) is 18.3. The lowest BCUT2D eigenvalue weighted by Gasteiger charge is -2.16. The van der Waals surface area contributed by atoms with Crippen LogP contribution < -0.4 is 15.0 Å². The number of anilines is 2. The van der Waals surface area contributed by atoms with Crippen LogP contribution in [0.2, 0.25) is 5.02 Å². The second kappa shape index (κ2) is 8.52. The van der Waals surface area contributed by atoms with Crippen molar-refractivity contribution in [1.82, 2.24) is 0 Å². The van der Waals surface area contributed by atoms with E-state index in [1.54, 1.807) is 49.6 Å². The number of halogens is 1. The van der Waals surface area contributed by atoms with E-state index in [0.717, 1.165) is 27.3 Å². The molecule has 2 amide bonds. The highest BCUT2D eigenvalue weighted by Crippen LogP contribution is 2.35. The molecule has 0 spiro atoms. The molecular formula is C26H23ClN2O3. The minimum atomic E-state index is -0.432. The van der Waals surface area contributed by atoms with Crippen LogP contribution in [0.1, 0.15) is 22.3 Å². The highest BCUT2D eigenvalue weighted by atomic mass is 35.5. The average Bonchev–Trinajstić information content (AvgIpc) is 3.02. The summed E-state index contributed by atoms with van der Waals surface area (Å²) in [5.74, 6) is -0.178. The van der Waals surface area contributed by atoms with Crippen LogP contribution in [0, 0.1) is 20.8 Å². The maximum atomic E-state index is 13.5. The molecule has 32 heavy (non-hydrogen) atoms. The molecule has 0 bridgehead atoms. The van der Waals surface area contributed by atoms with Gasteiger partial charge >= 0.3 is 0 Å². The number of nitrogens with one attached hydrogen (secondary N) is 1. The van der Waals surface area contributed by atoms with Gasteiger partial charge in [0.15, 0.2) is 0 Å². The van der Waals surface area contributed by atoms with Gasteiger partial charge in [-0.25, -0.2) is 4.90 Å². The number of methoxy groups -OCH3 is 1. The smallest absolute Gasteiger partial charge is 0.282 e. The van der Waals surface area contributed by atoms with E-state index < -0.39 is 11.8 Å². The Bertz CT molecular complexity index is 1260. The number of ether oxygens (including phenoxy) is 1. The van der Waals surface area contributed by atoms with Crippen LogP contribution >= 0.6 is 11.6 Å². The van der Waals surface area contributed by atoms with Gasteiger partial charge in [-0.15, -0.1) is 0 Å². The minimum absolute atomic E-state index is 0.222. The molecular weight excluding hydrogens is 424 g/mol. The van der Waals surface area contributed by atoms with Crippen molar-refractivity contribution in [1.29, 1.82) is 0 Å². The van der Waals surface area contributed by atoms with Crippen molar-refractivity contribution in [2.24, 2.45) is 0 Å². The predicted molar refractivity (Wildman–Crippen MR) is 128 cm³/mol. The highest BCUT2D eigenvalue weighted by molar-refractivity contribution is 6.46. The van der Waals surface area contributed by atoms with Gasteiger partial charge in [0, 0.05) is 10.7 Å². The summed E-state index contributed by atoms with van der Waals surface area (Å²) in [5, 5.41) is 3.69. The summed E-state index contributed by atoms with van der Waals surface area (Å²) in [4.78, 5) is 28.2. The van der Waals surface area contributed by atoms with E-state index in [1.807, 2.05) is 39.0 Å². The highest BCUT2D eigenvalue weighted by Gasteiger charge is 2.40. The van der Waals surface area contributed by atoms with E-state index in [1.165, 1.54) is 0 Å². The normalized spacial score (nSPS) is 13.7. The van der Waals surface area contributed by atoms with Gasteiger partial charge in [-0.05, 0) is 79.4 Å². The first-order valence-electron chi connectivity index (χ1n) is 10.2. The van der Waals surface area contributed by atoms with E-state index in [0.29, 0.717) is 27.6 Å². The SMILES string of the molecule is COc1ccc(C2=C(Nc3ccc(C)c(C)c3)C(=O)N(c3ccc(C)c(Cl)c3)C2=O)cc1. The first kappa shape index (κ1) is 21.7. The van der Waals surface area contributed by atoms with E-state index in [-0.39, 0.29) is 5.70 Å². The van der Waals surface area contributed by atoms with E-state index in [9.17, 15) is 9.59 Å². The van der Waals surface area contributed by atoms with Gasteiger partial charge in [-0.2, -0.15) is 0 Å². The Morgan fingerprint density at radius 2 is 1.50 bits per heavy atom. The fourth-order valence-corrected chi connectivity index (χ4v) is 3.76. The Hall–Kier alpha value is -3.57. The molecule has 5 nitrogen and oxygen atoms in total. The lowest BCUT2D eigenvalue weighted by atomic mass is 10.0. The van der Waals surface area contributed by atoms with Gasteiger partial charge < -0.3 is 10.1 Å². The summed E-state index contributed by atoms with van der Waals surface area (Å²) >= 11 is 6.28. The molecule has 162 valence electrons. The molecule has 1 aliphatic heterocycles. The Kier molecular flexibility index (Phi) is 5.76. The molecule has 0 atom stereocenters. The fourth-order valence-electron chi connectivity index (χ4n) is 3.59. The fraction of sp³-hybridized carbons (Fsp3) is 0.154. The zero-order chi connectivity index (χ0) is 23.0. The third-order valence-electron chi connectivity index (χ3n) is 5.65. The summed E-state index contributed by atoms with van der Waals surface area (Å²) in [7, 11) is 1.58. The molecule has 0 radical (unpaired) electrons. The molecule has 1 aliphatic rings. The zero-order valence-corrected chi connectivity index (χ0v) is 19.1. The van der Waals surface area contributed by atoms with Crippen molar-refractivity contribution in [2.45, 2.75) is 20.8 Å². The third kappa shape index (κ3) is 3.87. The molecule has 3 aromatic carbocycles. The van der Waals surface area contributed by atoms with E-state index >= 15 is 0 Å². The van der Waals surface area contributed by atoms with Crippen molar-refractivity contribution in [3.8, 4) is 5.75 Å². The number of carbonyl (C=O) groups is 2. The molecule has 1 heterocycles. The number of imide groups is 1. The number of carbonyl (C=O) groups excluding carboxylic acids is 2. The van der Waals surface area contributed by atoms with Gasteiger partial charge in [-0.1, -0.05) is 35.9 Å². The van der Waals surface area contributed by atoms with Crippen LogP contribution in [0.3, 0.4) is 0 Å². The van der Waals surface area contributed by atoms with Crippen molar-refractivity contribution in [3.05, 3.63) is 93.6 Å². The van der Waals surface area contributed by atoms with Crippen LogP contribution in [0.25, 0.3) is 5.57 Å². The van der Waals surface area contributed by atoms with Crippen LogP contribution in [-0.2, 0) is 9.59 Å². The number of nitrogens with zero attached hydrogens (tertiary/aromatic N) is 1. The number of amides is 2. The largest absolute Gasteiger partial charge is 0.497 e. The van der Waals surface area contributed by atoms with Gasteiger partial charge in [0.2, 0.25) is 0 Å². The minimum Gasteiger partial charge on any atom is -0.497 e. The van der Waals surface area contributed by atoms with Crippen molar-refractivity contribution >= 4 is 40.4 Å². The first-order valence-corrected chi connectivity index (χ1v) is 10.6. The molecule has 4 rings (SSSR count). The summed E-state index contributed by atoms with van der Waals surface area (Å²) < 4.78 is 5.23. The number of aryl methyl sites for hydroxylation is 3. The van der Waals surface area contributed by atoms with Crippen LogP contribution in [0.15, 0.2) is 66.4 Å². The van der Waals surface area contributed by atoms with Gasteiger partial charge in [-0.3, -0.25) is 9.59 Å². The Balaban J connectivity index is 1.82. The molecule has 6 heteroatoms.